The fourth-order valence-electron chi connectivity index (χ4n) is 2.35. The molecule has 0 amide bonds. The van der Waals surface area contributed by atoms with Crippen molar-refractivity contribution in [2.75, 3.05) is 6.54 Å². The van der Waals surface area contributed by atoms with E-state index >= 15 is 0 Å². The average molecular weight is 372 g/mol. The predicted molar refractivity (Wildman–Crippen MR) is 97.0 cm³/mol. The Balaban J connectivity index is 1.59. The van der Waals surface area contributed by atoms with E-state index in [0.29, 0.717) is 29.8 Å². The topological polar surface area (TPSA) is 98.0 Å². The third-order valence-corrected chi connectivity index (χ3v) is 5.32. The van der Waals surface area contributed by atoms with Crippen molar-refractivity contribution >= 4 is 10.0 Å². The van der Waals surface area contributed by atoms with Crippen molar-refractivity contribution in [3.63, 3.8) is 0 Å². The molecule has 0 aliphatic rings. The minimum Gasteiger partial charge on any atom is -0.419 e. The highest BCUT2D eigenvalue weighted by molar-refractivity contribution is 7.89. The van der Waals surface area contributed by atoms with Crippen molar-refractivity contribution in [1.29, 1.82) is 0 Å². The van der Waals surface area contributed by atoms with E-state index in [-0.39, 0.29) is 11.4 Å². The number of pyridine rings is 1. The van der Waals surface area contributed by atoms with Crippen molar-refractivity contribution in [2.45, 2.75) is 31.1 Å². The number of benzene rings is 1. The third kappa shape index (κ3) is 4.33. The van der Waals surface area contributed by atoms with Gasteiger partial charge in [0.25, 0.3) is 5.89 Å². The zero-order valence-electron chi connectivity index (χ0n) is 14.6. The van der Waals surface area contributed by atoms with Gasteiger partial charge in [-0.2, -0.15) is 0 Å². The van der Waals surface area contributed by atoms with Gasteiger partial charge in [0.2, 0.25) is 15.9 Å². The molecular formula is C18H20N4O3S. The Morgan fingerprint density at radius 2 is 1.85 bits per heavy atom. The molecule has 1 N–H and O–H groups in total. The lowest BCUT2D eigenvalue weighted by Crippen LogP contribution is -2.26. The fraction of sp³-hybridized carbons (Fsp3) is 0.278. The Labute approximate surface area is 152 Å². The van der Waals surface area contributed by atoms with E-state index in [2.05, 4.69) is 33.8 Å². The van der Waals surface area contributed by atoms with E-state index < -0.39 is 10.0 Å². The SMILES string of the molecule is CC(C)c1ccc(S(=O)(=O)NCCc2nnc(-c3ccccn3)o2)cc1. The van der Waals surface area contributed by atoms with Crippen LogP contribution in [0.25, 0.3) is 11.6 Å². The first-order valence-electron chi connectivity index (χ1n) is 8.29. The number of rotatable bonds is 7. The molecule has 7 nitrogen and oxygen atoms in total. The van der Waals surface area contributed by atoms with Gasteiger partial charge in [-0.25, -0.2) is 13.1 Å². The Hall–Kier alpha value is -2.58. The monoisotopic (exact) mass is 372 g/mol. The molecule has 3 rings (SSSR count). The summed E-state index contributed by atoms with van der Waals surface area (Å²) >= 11 is 0. The maximum Gasteiger partial charge on any atom is 0.266 e. The summed E-state index contributed by atoms with van der Waals surface area (Å²) in [5, 5.41) is 7.85. The third-order valence-electron chi connectivity index (χ3n) is 3.84. The van der Waals surface area contributed by atoms with Gasteiger partial charge in [-0.15, -0.1) is 10.2 Å². The van der Waals surface area contributed by atoms with Crippen molar-refractivity contribution < 1.29 is 12.8 Å². The number of nitrogens with one attached hydrogen (secondary N) is 1. The number of nitrogens with zero attached hydrogens (tertiary/aromatic N) is 3. The van der Waals surface area contributed by atoms with Crippen LogP contribution < -0.4 is 4.72 Å². The van der Waals surface area contributed by atoms with E-state index in [4.69, 9.17) is 4.42 Å². The molecule has 8 heteroatoms. The first kappa shape index (κ1) is 18.2. The van der Waals surface area contributed by atoms with Gasteiger partial charge in [-0.3, -0.25) is 4.98 Å². The van der Waals surface area contributed by atoms with Crippen molar-refractivity contribution in [1.82, 2.24) is 19.9 Å². The Kier molecular flexibility index (Phi) is 5.43. The molecule has 0 bridgehead atoms. The maximum atomic E-state index is 12.3. The summed E-state index contributed by atoms with van der Waals surface area (Å²) < 4.78 is 32.7. The second-order valence-electron chi connectivity index (χ2n) is 6.09. The molecule has 0 saturated carbocycles. The Morgan fingerprint density at radius 1 is 1.08 bits per heavy atom. The van der Waals surface area contributed by atoms with Crippen molar-refractivity contribution in [3.8, 4) is 11.6 Å². The van der Waals surface area contributed by atoms with Crippen molar-refractivity contribution in [3.05, 3.63) is 60.1 Å². The summed E-state index contributed by atoms with van der Waals surface area (Å²) in [6.45, 7) is 4.29. The van der Waals surface area contributed by atoms with Crippen LogP contribution in [0.1, 0.15) is 31.2 Å². The molecule has 136 valence electrons. The van der Waals surface area contributed by atoms with Gasteiger partial charge in [0.05, 0.1) is 4.90 Å². The smallest absolute Gasteiger partial charge is 0.266 e. The minimum atomic E-state index is -3.57. The quantitative estimate of drug-likeness (QED) is 0.685. The number of hydrogen-bond acceptors (Lipinski definition) is 6. The van der Waals surface area contributed by atoms with Gasteiger partial charge >= 0.3 is 0 Å². The first-order chi connectivity index (χ1) is 12.5. The normalized spacial score (nSPS) is 11.8. The summed E-state index contributed by atoms with van der Waals surface area (Å²) in [4.78, 5) is 4.37. The Morgan fingerprint density at radius 3 is 2.50 bits per heavy atom. The summed E-state index contributed by atoms with van der Waals surface area (Å²) in [5.41, 5.74) is 1.67. The number of hydrogen-bond donors (Lipinski definition) is 1. The molecule has 0 saturated heterocycles. The van der Waals surface area contributed by atoms with Crippen LogP contribution in [0, 0.1) is 0 Å². The van der Waals surface area contributed by atoms with E-state index in [9.17, 15) is 8.42 Å². The molecule has 2 aromatic heterocycles. The molecule has 1 aromatic carbocycles. The molecule has 0 aliphatic heterocycles. The molecular weight excluding hydrogens is 352 g/mol. The summed E-state index contributed by atoms with van der Waals surface area (Å²) in [5.74, 6) is 1.02. The highest BCUT2D eigenvalue weighted by Gasteiger charge is 2.15. The van der Waals surface area contributed by atoms with Gasteiger partial charge < -0.3 is 4.42 Å². The standard InChI is InChI=1S/C18H20N4O3S/c1-13(2)14-6-8-15(9-7-14)26(23,24)20-12-10-17-21-22-18(25-17)16-5-3-4-11-19-16/h3-9,11,13,20H,10,12H2,1-2H3. The minimum absolute atomic E-state index is 0.165. The first-order valence-corrected chi connectivity index (χ1v) is 9.77. The molecule has 26 heavy (non-hydrogen) atoms. The highest BCUT2D eigenvalue weighted by atomic mass is 32.2. The maximum absolute atomic E-state index is 12.3. The van der Waals surface area contributed by atoms with Gasteiger partial charge in [0.1, 0.15) is 5.69 Å². The molecule has 0 aliphatic carbocycles. The average Bonchev–Trinajstić information content (AvgIpc) is 3.11. The highest BCUT2D eigenvalue weighted by Crippen LogP contribution is 2.17. The summed E-state index contributed by atoms with van der Waals surface area (Å²) in [6, 6.07) is 12.3. The van der Waals surface area contributed by atoms with Crippen LogP contribution in [-0.4, -0.2) is 30.1 Å². The largest absolute Gasteiger partial charge is 0.419 e. The van der Waals surface area contributed by atoms with E-state index in [0.717, 1.165) is 5.56 Å². The number of aromatic nitrogens is 3. The zero-order valence-corrected chi connectivity index (χ0v) is 15.4. The van der Waals surface area contributed by atoms with E-state index in [1.54, 1.807) is 30.5 Å². The van der Waals surface area contributed by atoms with Crippen LogP contribution in [0.4, 0.5) is 0 Å². The lowest BCUT2D eigenvalue weighted by Gasteiger charge is -2.08. The van der Waals surface area contributed by atoms with Gasteiger partial charge in [0, 0.05) is 19.2 Å². The van der Waals surface area contributed by atoms with Crippen LogP contribution in [-0.2, 0) is 16.4 Å². The zero-order chi connectivity index (χ0) is 18.6. The van der Waals surface area contributed by atoms with Crippen molar-refractivity contribution in [2.24, 2.45) is 0 Å². The van der Waals surface area contributed by atoms with Crippen LogP contribution in [0.5, 0.6) is 0 Å². The molecule has 0 radical (unpaired) electrons. The molecule has 0 atom stereocenters. The van der Waals surface area contributed by atoms with E-state index in [1.165, 1.54) is 0 Å². The Bertz CT molecular complexity index is 952. The summed E-state index contributed by atoms with van der Waals surface area (Å²) in [6.07, 6.45) is 1.93. The lowest BCUT2D eigenvalue weighted by molar-refractivity contribution is 0.500. The fourth-order valence-corrected chi connectivity index (χ4v) is 3.39. The predicted octanol–water partition coefficient (Wildman–Crippen LogP) is 2.78. The van der Waals surface area contributed by atoms with Crippen LogP contribution >= 0.6 is 0 Å². The second kappa shape index (κ2) is 7.76. The molecule has 2 heterocycles. The molecule has 0 fully saturated rings. The van der Waals surface area contributed by atoms with Gasteiger partial charge in [-0.05, 0) is 35.7 Å². The van der Waals surface area contributed by atoms with Crippen LogP contribution in [0.3, 0.4) is 0 Å². The van der Waals surface area contributed by atoms with Crippen LogP contribution in [0.15, 0.2) is 58.0 Å². The second-order valence-corrected chi connectivity index (χ2v) is 7.85. The molecule has 0 unspecified atom stereocenters. The van der Waals surface area contributed by atoms with Gasteiger partial charge in [-0.1, -0.05) is 32.0 Å². The lowest BCUT2D eigenvalue weighted by atomic mass is 10.0. The summed E-state index contributed by atoms with van der Waals surface area (Å²) in [7, 11) is -3.57. The number of sulfonamides is 1. The van der Waals surface area contributed by atoms with Gasteiger partial charge in [0.15, 0.2) is 0 Å². The molecule has 0 spiro atoms. The molecule has 3 aromatic rings. The van der Waals surface area contributed by atoms with Crippen LogP contribution in [0.2, 0.25) is 0 Å². The van der Waals surface area contributed by atoms with E-state index in [1.807, 2.05) is 18.2 Å².